The molecule has 130 valence electrons. The first-order valence-electron chi connectivity index (χ1n) is 8.95. The summed E-state index contributed by atoms with van der Waals surface area (Å²) in [5.41, 5.74) is 2.65. The minimum atomic E-state index is 0.157. The maximum absolute atomic E-state index is 12.8. The van der Waals surface area contributed by atoms with Crippen LogP contribution in [0.15, 0.2) is 6.07 Å². The van der Waals surface area contributed by atoms with Crippen LogP contribution in [0.2, 0.25) is 0 Å². The summed E-state index contributed by atoms with van der Waals surface area (Å²) in [6.07, 6.45) is 5.93. The summed E-state index contributed by atoms with van der Waals surface area (Å²) in [6.45, 7) is 1.35. The lowest BCUT2D eigenvalue weighted by Crippen LogP contribution is -2.33. The van der Waals surface area contributed by atoms with Gasteiger partial charge >= 0.3 is 0 Å². The van der Waals surface area contributed by atoms with E-state index >= 15 is 0 Å². The number of nitrogens with one attached hydrogen (secondary N) is 1. The van der Waals surface area contributed by atoms with Crippen molar-refractivity contribution < 1.29 is 9.53 Å². The Morgan fingerprint density at radius 3 is 2.92 bits per heavy atom. The first-order valence-corrected chi connectivity index (χ1v) is 10.1. The highest BCUT2D eigenvalue weighted by Gasteiger charge is 2.35. The number of carbonyl (C=O) groups is 1. The lowest BCUT2D eigenvalue weighted by Gasteiger charge is -2.22. The predicted molar refractivity (Wildman–Crippen MR) is 95.5 cm³/mol. The second kappa shape index (κ2) is 6.92. The third kappa shape index (κ3) is 3.02. The van der Waals surface area contributed by atoms with E-state index in [1.54, 1.807) is 7.11 Å². The average molecular weight is 347 g/mol. The number of nitrogens with zero attached hydrogens (tertiary/aromatic N) is 2. The van der Waals surface area contributed by atoms with Gasteiger partial charge in [-0.2, -0.15) is 11.8 Å². The molecule has 0 radical (unpaired) electrons. The van der Waals surface area contributed by atoms with E-state index in [4.69, 9.17) is 4.74 Å². The lowest BCUT2D eigenvalue weighted by molar-refractivity contribution is 0.0706. The Bertz CT molecular complexity index is 625. The van der Waals surface area contributed by atoms with Crippen molar-refractivity contribution in [1.29, 1.82) is 0 Å². The average Bonchev–Trinajstić information content (AvgIpc) is 3.34. The second-order valence-electron chi connectivity index (χ2n) is 6.96. The van der Waals surface area contributed by atoms with Crippen LogP contribution in [0.4, 0.5) is 0 Å². The number of fused-ring (bicyclic) bond motifs is 1. The molecule has 1 saturated carbocycles. The summed E-state index contributed by atoms with van der Waals surface area (Å²) < 4.78 is 5.50. The number of aromatic nitrogens is 1. The number of thioether (sulfide) groups is 1. The van der Waals surface area contributed by atoms with Gasteiger partial charge in [0.25, 0.3) is 5.91 Å². The fourth-order valence-electron chi connectivity index (χ4n) is 4.03. The zero-order valence-corrected chi connectivity index (χ0v) is 15.0. The van der Waals surface area contributed by atoms with E-state index in [0.29, 0.717) is 31.1 Å². The molecule has 2 fully saturated rings. The highest BCUT2D eigenvalue weighted by molar-refractivity contribution is 7.99. The Labute approximate surface area is 147 Å². The largest absolute Gasteiger partial charge is 0.481 e. The molecule has 1 aromatic rings. The molecule has 0 aromatic carbocycles. The van der Waals surface area contributed by atoms with E-state index in [-0.39, 0.29) is 5.91 Å². The van der Waals surface area contributed by atoms with Gasteiger partial charge in [-0.15, -0.1) is 0 Å². The predicted octanol–water partition coefficient (Wildman–Crippen LogP) is 2.58. The van der Waals surface area contributed by atoms with E-state index in [1.165, 1.54) is 25.0 Å². The summed E-state index contributed by atoms with van der Waals surface area (Å²) in [5, 5.41) is 3.58. The lowest BCUT2D eigenvalue weighted by atomic mass is 10.1. The fourth-order valence-corrected chi connectivity index (χ4v) is 5.22. The number of carbonyl (C=O) groups excluding carboxylic acids is 1. The Balaban J connectivity index is 1.53. The summed E-state index contributed by atoms with van der Waals surface area (Å²) in [4.78, 5) is 19.5. The van der Waals surface area contributed by atoms with Gasteiger partial charge in [0.1, 0.15) is 0 Å². The molecule has 2 aliphatic heterocycles. The third-order valence-corrected chi connectivity index (χ3v) is 6.58. The van der Waals surface area contributed by atoms with Gasteiger partial charge in [-0.25, -0.2) is 4.98 Å². The van der Waals surface area contributed by atoms with Crippen LogP contribution in [-0.2, 0) is 13.1 Å². The van der Waals surface area contributed by atoms with Crippen molar-refractivity contribution in [3.63, 3.8) is 0 Å². The second-order valence-corrected chi connectivity index (χ2v) is 8.11. The number of amides is 1. The molecule has 6 heteroatoms. The van der Waals surface area contributed by atoms with E-state index in [1.807, 2.05) is 22.7 Å². The molecule has 0 spiro atoms. The molecule has 3 aliphatic rings. The standard InChI is InChI=1S/C18H25N3O2S/c1-23-17-12(9-19-13-6-7-24-11-13)8-15-16(20-17)10-21(18(15)22)14-4-2-3-5-14/h8,13-14,19H,2-7,9-11H2,1H3/t13-/m0/s1. The van der Waals surface area contributed by atoms with Crippen molar-refractivity contribution in [2.75, 3.05) is 18.6 Å². The van der Waals surface area contributed by atoms with Gasteiger partial charge in [0, 0.05) is 29.9 Å². The highest BCUT2D eigenvalue weighted by Crippen LogP contribution is 2.33. The maximum atomic E-state index is 12.8. The summed E-state index contributed by atoms with van der Waals surface area (Å²) in [5.74, 6) is 3.21. The third-order valence-electron chi connectivity index (χ3n) is 5.42. The van der Waals surface area contributed by atoms with Gasteiger partial charge in [0.05, 0.1) is 24.9 Å². The summed E-state index contributed by atoms with van der Waals surface area (Å²) in [6, 6.07) is 2.96. The van der Waals surface area contributed by atoms with Crippen molar-refractivity contribution in [2.24, 2.45) is 0 Å². The molecule has 4 rings (SSSR count). The topological polar surface area (TPSA) is 54.5 Å². The van der Waals surface area contributed by atoms with Crippen LogP contribution in [0, 0.1) is 0 Å². The van der Waals surface area contributed by atoms with Crippen LogP contribution in [-0.4, -0.2) is 46.5 Å². The van der Waals surface area contributed by atoms with Gasteiger partial charge in [-0.3, -0.25) is 4.79 Å². The molecule has 1 aromatic heterocycles. The van der Waals surface area contributed by atoms with E-state index < -0.39 is 0 Å². The molecule has 1 saturated heterocycles. The van der Waals surface area contributed by atoms with E-state index in [2.05, 4.69) is 10.3 Å². The summed E-state index contributed by atoms with van der Waals surface area (Å²) in [7, 11) is 1.66. The van der Waals surface area contributed by atoms with Gasteiger partial charge in [0.15, 0.2) is 0 Å². The van der Waals surface area contributed by atoms with Crippen LogP contribution < -0.4 is 10.1 Å². The van der Waals surface area contributed by atoms with Gasteiger partial charge < -0.3 is 15.0 Å². The minimum absolute atomic E-state index is 0.157. The molecule has 5 nitrogen and oxygen atoms in total. The van der Waals surface area contributed by atoms with Crippen LogP contribution in [0.3, 0.4) is 0 Å². The SMILES string of the molecule is COc1nc2c(cc1CN[C@H]1CCSC1)C(=O)N(C1CCCC1)C2. The normalized spacial score (nSPS) is 24.0. The molecular formula is C18H25N3O2S. The van der Waals surface area contributed by atoms with Crippen molar-refractivity contribution in [3.8, 4) is 5.88 Å². The molecule has 0 unspecified atom stereocenters. The van der Waals surface area contributed by atoms with E-state index in [0.717, 1.165) is 35.4 Å². The summed E-state index contributed by atoms with van der Waals surface area (Å²) >= 11 is 1.99. The minimum Gasteiger partial charge on any atom is -0.481 e. The van der Waals surface area contributed by atoms with Crippen LogP contribution in [0.25, 0.3) is 0 Å². The number of hydrogen-bond donors (Lipinski definition) is 1. The molecule has 0 bridgehead atoms. The molecular weight excluding hydrogens is 322 g/mol. The fraction of sp³-hybridized carbons (Fsp3) is 0.667. The number of methoxy groups -OCH3 is 1. The number of ether oxygens (including phenoxy) is 1. The van der Waals surface area contributed by atoms with Crippen molar-refractivity contribution in [1.82, 2.24) is 15.2 Å². The van der Waals surface area contributed by atoms with Crippen molar-refractivity contribution >= 4 is 17.7 Å². The van der Waals surface area contributed by atoms with Crippen molar-refractivity contribution in [3.05, 3.63) is 22.9 Å². The molecule has 1 N–H and O–H groups in total. The van der Waals surface area contributed by atoms with Crippen LogP contribution in [0.5, 0.6) is 5.88 Å². The van der Waals surface area contributed by atoms with Crippen LogP contribution in [0.1, 0.15) is 53.7 Å². The Morgan fingerprint density at radius 1 is 1.38 bits per heavy atom. The number of rotatable bonds is 5. The van der Waals surface area contributed by atoms with Gasteiger partial charge in [0.2, 0.25) is 5.88 Å². The molecule has 1 atom stereocenters. The Hall–Kier alpha value is -1.27. The monoisotopic (exact) mass is 347 g/mol. The quantitative estimate of drug-likeness (QED) is 0.887. The first-order chi connectivity index (χ1) is 11.8. The van der Waals surface area contributed by atoms with Gasteiger partial charge in [-0.05, 0) is 31.1 Å². The van der Waals surface area contributed by atoms with Crippen LogP contribution >= 0.6 is 11.8 Å². The highest BCUT2D eigenvalue weighted by atomic mass is 32.2. The Morgan fingerprint density at radius 2 is 2.21 bits per heavy atom. The molecule has 24 heavy (non-hydrogen) atoms. The zero-order chi connectivity index (χ0) is 16.5. The smallest absolute Gasteiger partial charge is 0.256 e. The number of pyridine rings is 1. The zero-order valence-electron chi connectivity index (χ0n) is 14.2. The molecule has 1 aliphatic carbocycles. The molecule has 1 amide bonds. The van der Waals surface area contributed by atoms with Crippen molar-refractivity contribution in [2.45, 2.75) is 57.3 Å². The van der Waals surface area contributed by atoms with E-state index in [9.17, 15) is 4.79 Å². The first kappa shape index (κ1) is 16.2. The maximum Gasteiger partial charge on any atom is 0.256 e. The number of hydrogen-bond acceptors (Lipinski definition) is 5. The Kier molecular flexibility index (Phi) is 4.68. The van der Waals surface area contributed by atoms with Gasteiger partial charge in [-0.1, -0.05) is 12.8 Å². The molecule has 3 heterocycles.